The second-order valence-corrected chi connectivity index (χ2v) is 3.85. The number of rotatable bonds is 3. The number of Topliss-reactive ketones (excluding diaryl/α,β-unsaturated/α-hetero) is 1. The van der Waals surface area contributed by atoms with Gasteiger partial charge in [-0.2, -0.15) is 0 Å². The molecule has 0 aliphatic carbocycles. The number of anilines is 1. The molecule has 0 N–H and O–H groups in total. The number of ketones is 1. The summed E-state index contributed by atoms with van der Waals surface area (Å²) >= 11 is 0. The standard InChI is InChI=1S/C12H12FNO2/c1-8-3-4-10-9(7-8)11(15)12(16)14(10)6-2-5-13/h3-4,7H,2,5-6H2,1H3. The Kier molecular flexibility index (Phi) is 2.73. The van der Waals surface area contributed by atoms with E-state index in [4.69, 9.17) is 0 Å². The van der Waals surface area contributed by atoms with Crippen LogP contribution in [0.2, 0.25) is 0 Å². The molecule has 0 saturated heterocycles. The van der Waals surface area contributed by atoms with Crippen LogP contribution in [0.3, 0.4) is 0 Å². The largest absolute Gasteiger partial charge is 0.305 e. The Labute approximate surface area is 92.9 Å². The molecule has 1 amide bonds. The number of hydrogen-bond donors (Lipinski definition) is 0. The molecule has 1 aromatic rings. The molecule has 0 atom stereocenters. The van der Waals surface area contributed by atoms with E-state index in [0.717, 1.165) is 5.56 Å². The zero-order valence-corrected chi connectivity index (χ0v) is 9.00. The normalized spacial score (nSPS) is 14.5. The van der Waals surface area contributed by atoms with Gasteiger partial charge in [0.15, 0.2) is 0 Å². The Morgan fingerprint density at radius 2 is 2.06 bits per heavy atom. The summed E-state index contributed by atoms with van der Waals surface area (Å²) in [5.41, 5.74) is 1.98. The van der Waals surface area contributed by atoms with E-state index in [9.17, 15) is 14.0 Å². The summed E-state index contributed by atoms with van der Waals surface area (Å²) in [6, 6.07) is 5.28. The van der Waals surface area contributed by atoms with Gasteiger partial charge >= 0.3 is 0 Å². The lowest BCUT2D eigenvalue weighted by atomic mass is 10.1. The van der Waals surface area contributed by atoms with Crippen molar-refractivity contribution in [3.63, 3.8) is 0 Å². The molecule has 0 saturated carbocycles. The van der Waals surface area contributed by atoms with Crippen LogP contribution in [0.1, 0.15) is 22.3 Å². The molecule has 16 heavy (non-hydrogen) atoms. The van der Waals surface area contributed by atoms with Gasteiger partial charge in [0.2, 0.25) is 0 Å². The number of benzene rings is 1. The third-order valence-corrected chi connectivity index (χ3v) is 2.64. The molecule has 1 aliphatic rings. The quantitative estimate of drug-likeness (QED) is 0.731. The number of halogens is 1. The van der Waals surface area contributed by atoms with Crippen LogP contribution in [0, 0.1) is 6.92 Å². The molecule has 0 radical (unpaired) electrons. The van der Waals surface area contributed by atoms with E-state index in [1.54, 1.807) is 12.1 Å². The van der Waals surface area contributed by atoms with Crippen LogP contribution in [-0.4, -0.2) is 24.9 Å². The van der Waals surface area contributed by atoms with Crippen LogP contribution in [0.5, 0.6) is 0 Å². The van der Waals surface area contributed by atoms with Gasteiger partial charge in [0.25, 0.3) is 11.7 Å². The van der Waals surface area contributed by atoms with Crippen LogP contribution in [0.4, 0.5) is 10.1 Å². The van der Waals surface area contributed by atoms with E-state index < -0.39 is 18.4 Å². The molecule has 4 heteroatoms. The minimum Gasteiger partial charge on any atom is -0.305 e. The second kappa shape index (κ2) is 4.04. The molecule has 1 heterocycles. The number of amides is 1. The van der Waals surface area contributed by atoms with E-state index in [1.165, 1.54) is 4.90 Å². The van der Waals surface area contributed by atoms with Crippen molar-refractivity contribution in [3.8, 4) is 0 Å². The number of fused-ring (bicyclic) bond motifs is 1. The maximum absolute atomic E-state index is 12.1. The first kappa shape index (κ1) is 10.8. The second-order valence-electron chi connectivity index (χ2n) is 3.85. The van der Waals surface area contributed by atoms with Crippen LogP contribution >= 0.6 is 0 Å². The van der Waals surface area contributed by atoms with E-state index in [1.807, 2.05) is 13.0 Å². The van der Waals surface area contributed by atoms with Crippen molar-refractivity contribution in [2.24, 2.45) is 0 Å². The highest BCUT2D eigenvalue weighted by molar-refractivity contribution is 6.52. The van der Waals surface area contributed by atoms with Crippen molar-refractivity contribution in [1.29, 1.82) is 0 Å². The van der Waals surface area contributed by atoms with E-state index in [0.29, 0.717) is 11.3 Å². The molecule has 1 aliphatic heterocycles. The monoisotopic (exact) mass is 221 g/mol. The molecule has 84 valence electrons. The lowest BCUT2D eigenvalue weighted by Crippen LogP contribution is -2.30. The summed E-state index contributed by atoms with van der Waals surface area (Å²) in [6.45, 7) is 1.64. The minimum absolute atomic E-state index is 0.256. The van der Waals surface area contributed by atoms with Crippen molar-refractivity contribution >= 4 is 17.4 Å². The maximum atomic E-state index is 12.1. The first-order chi connectivity index (χ1) is 7.65. The van der Waals surface area contributed by atoms with Gasteiger partial charge in [-0.3, -0.25) is 14.0 Å². The van der Waals surface area contributed by atoms with Gasteiger partial charge in [0, 0.05) is 6.54 Å². The summed E-state index contributed by atoms with van der Waals surface area (Å²) in [5, 5.41) is 0. The Balaban J connectivity index is 2.38. The predicted molar refractivity (Wildman–Crippen MR) is 58.5 cm³/mol. The topological polar surface area (TPSA) is 37.4 Å². The number of carbonyl (C=O) groups is 2. The first-order valence-corrected chi connectivity index (χ1v) is 5.18. The molecule has 0 unspecified atom stereocenters. The van der Waals surface area contributed by atoms with Crippen molar-refractivity contribution in [3.05, 3.63) is 29.3 Å². The SMILES string of the molecule is Cc1ccc2c(c1)C(=O)C(=O)N2CCCF. The van der Waals surface area contributed by atoms with Crippen LogP contribution in [-0.2, 0) is 4.79 Å². The fourth-order valence-electron chi connectivity index (χ4n) is 1.85. The summed E-state index contributed by atoms with van der Waals surface area (Å²) in [4.78, 5) is 24.6. The molecular formula is C12H12FNO2. The van der Waals surface area contributed by atoms with Gasteiger partial charge in [-0.25, -0.2) is 0 Å². The Morgan fingerprint density at radius 1 is 1.31 bits per heavy atom. The molecular weight excluding hydrogens is 209 g/mol. The third-order valence-electron chi connectivity index (χ3n) is 2.64. The zero-order valence-electron chi connectivity index (χ0n) is 9.00. The third kappa shape index (κ3) is 1.60. The highest BCUT2D eigenvalue weighted by atomic mass is 19.1. The number of alkyl halides is 1. The highest BCUT2D eigenvalue weighted by Crippen LogP contribution is 2.29. The summed E-state index contributed by atoms with van der Waals surface area (Å²) in [7, 11) is 0. The van der Waals surface area contributed by atoms with Crippen molar-refractivity contribution in [1.82, 2.24) is 0 Å². The number of nitrogens with zero attached hydrogens (tertiary/aromatic N) is 1. The average molecular weight is 221 g/mol. The minimum atomic E-state index is -0.547. The Bertz CT molecular complexity index is 456. The van der Waals surface area contributed by atoms with Crippen molar-refractivity contribution in [2.75, 3.05) is 18.1 Å². The summed E-state index contributed by atoms with van der Waals surface area (Å²) in [6.07, 6.45) is 0.256. The zero-order chi connectivity index (χ0) is 11.7. The Hall–Kier alpha value is -1.71. The molecule has 0 fully saturated rings. The predicted octanol–water partition coefficient (Wildman–Crippen LogP) is 1.88. The van der Waals surface area contributed by atoms with Gasteiger partial charge in [0.1, 0.15) is 0 Å². The molecule has 3 nitrogen and oxygen atoms in total. The van der Waals surface area contributed by atoms with Gasteiger partial charge < -0.3 is 4.90 Å². The van der Waals surface area contributed by atoms with E-state index >= 15 is 0 Å². The smallest absolute Gasteiger partial charge is 0.299 e. The number of carbonyl (C=O) groups excluding carboxylic acids is 2. The summed E-state index contributed by atoms with van der Waals surface area (Å²) < 4.78 is 12.1. The fraction of sp³-hybridized carbons (Fsp3) is 0.333. The van der Waals surface area contributed by atoms with Gasteiger partial charge in [-0.1, -0.05) is 11.6 Å². The molecule has 2 rings (SSSR count). The fourth-order valence-corrected chi connectivity index (χ4v) is 1.85. The lowest BCUT2D eigenvalue weighted by Gasteiger charge is -2.15. The van der Waals surface area contributed by atoms with Crippen LogP contribution < -0.4 is 4.90 Å². The van der Waals surface area contributed by atoms with Gasteiger partial charge in [-0.15, -0.1) is 0 Å². The number of aryl methyl sites for hydroxylation is 1. The molecule has 0 bridgehead atoms. The highest BCUT2D eigenvalue weighted by Gasteiger charge is 2.35. The number of hydrogen-bond acceptors (Lipinski definition) is 2. The van der Waals surface area contributed by atoms with E-state index in [2.05, 4.69) is 0 Å². The Morgan fingerprint density at radius 3 is 2.75 bits per heavy atom. The average Bonchev–Trinajstić information content (AvgIpc) is 2.50. The van der Waals surface area contributed by atoms with Gasteiger partial charge in [-0.05, 0) is 25.5 Å². The lowest BCUT2D eigenvalue weighted by molar-refractivity contribution is -0.114. The van der Waals surface area contributed by atoms with Crippen molar-refractivity contribution in [2.45, 2.75) is 13.3 Å². The first-order valence-electron chi connectivity index (χ1n) is 5.18. The molecule has 0 spiro atoms. The molecule has 0 aromatic heterocycles. The maximum Gasteiger partial charge on any atom is 0.299 e. The van der Waals surface area contributed by atoms with E-state index in [-0.39, 0.29) is 13.0 Å². The van der Waals surface area contributed by atoms with Crippen LogP contribution in [0.15, 0.2) is 18.2 Å². The summed E-state index contributed by atoms with van der Waals surface area (Å²) in [5.74, 6) is -1.04. The van der Waals surface area contributed by atoms with Crippen LogP contribution in [0.25, 0.3) is 0 Å². The van der Waals surface area contributed by atoms with Crippen molar-refractivity contribution < 1.29 is 14.0 Å². The van der Waals surface area contributed by atoms with Gasteiger partial charge in [0.05, 0.1) is 17.9 Å². The molecule has 1 aromatic carbocycles.